The first-order valence-electron chi connectivity index (χ1n) is 6.29. The van der Waals surface area contributed by atoms with Crippen LogP contribution in [0.3, 0.4) is 0 Å². The van der Waals surface area contributed by atoms with Gasteiger partial charge in [0.05, 0.1) is 5.69 Å². The summed E-state index contributed by atoms with van der Waals surface area (Å²) in [6.07, 6.45) is 0. The molecule has 0 saturated heterocycles. The monoisotopic (exact) mass is 270 g/mol. The van der Waals surface area contributed by atoms with E-state index in [1.165, 1.54) is 0 Å². The van der Waals surface area contributed by atoms with Gasteiger partial charge in [0.2, 0.25) is 0 Å². The molecule has 0 radical (unpaired) electrons. The van der Waals surface area contributed by atoms with Gasteiger partial charge in [-0.25, -0.2) is 5.53 Å². The molecule has 2 aromatic carbocycles. The number of aryl methyl sites for hydroxylation is 2. The number of nitrogens with two attached hydrogens (primary N) is 1. The fourth-order valence-corrected chi connectivity index (χ4v) is 1.99. The summed E-state index contributed by atoms with van der Waals surface area (Å²) in [6.45, 7) is 3.90. The van der Waals surface area contributed by atoms with Crippen LogP contribution in [0, 0.1) is 19.4 Å². The van der Waals surface area contributed by atoms with Gasteiger partial charge < -0.3 is 15.8 Å². The van der Waals surface area contributed by atoms with Crippen molar-refractivity contribution in [2.75, 3.05) is 18.1 Å². The summed E-state index contributed by atoms with van der Waals surface area (Å²) in [5.74, 6) is 1.43. The summed E-state index contributed by atoms with van der Waals surface area (Å²) < 4.78 is 5.91. The van der Waals surface area contributed by atoms with Crippen LogP contribution in [0.2, 0.25) is 0 Å². The van der Waals surface area contributed by atoms with Crippen molar-refractivity contribution in [2.45, 2.75) is 13.8 Å². The number of benzene rings is 2. The zero-order valence-corrected chi connectivity index (χ0v) is 11.8. The van der Waals surface area contributed by atoms with E-state index >= 15 is 0 Å². The van der Waals surface area contributed by atoms with Crippen molar-refractivity contribution in [1.29, 1.82) is 5.53 Å². The summed E-state index contributed by atoms with van der Waals surface area (Å²) in [5.41, 5.74) is 16.9. The maximum absolute atomic E-state index is 7.22. The van der Waals surface area contributed by atoms with Gasteiger partial charge in [0, 0.05) is 18.8 Å². The molecule has 0 amide bonds. The number of hydrogen-bond acceptors (Lipinski definition) is 5. The molecule has 0 saturated carbocycles. The van der Waals surface area contributed by atoms with E-state index in [9.17, 15) is 0 Å². The Kier molecular flexibility index (Phi) is 3.89. The lowest BCUT2D eigenvalue weighted by molar-refractivity contribution is 0.475. The molecule has 0 aliphatic heterocycles. The number of nitrogens with zero attached hydrogens (tertiary/aromatic N) is 1. The predicted molar refractivity (Wildman–Crippen MR) is 81.2 cm³/mol. The second-order valence-corrected chi connectivity index (χ2v) is 4.62. The van der Waals surface area contributed by atoms with Gasteiger partial charge in [0.1, 0.15) is 17.2 Å². The average molecular weight is 270 g/mol. The van der Waals surface area contributed by atoms with E-state index in [1.807, 2.05) is 32.0 Å². The summed E-state index contributed by atoms with van der Waals surface area (Å²) in [6, 6.07) is 9.17. The Morgan fingerprint density at radius 3 is 2.40 bits per heavy atom. The lowest BCUT2D eigenvalue weighted by atomic mass is 10.1. The Balaban J connectivity index is 2.40. The Hall–Kier alpha value is -2.56. The van der Waals surface area contributed by atoms with Gasteiger partial charge in [-0.1, -0.05) is 0 Å². The Labute approximate surface area is 118 Å². The molecule has 0 aliphatic carbocycles. The third-order valence-corrected chi connectivity index (χ3v) is 3.10. The number of rotatable bonds is 4. The molecule has 20 heavy (non-hydrogen) atoms. The van der Waals surface area contributed by atoms with E-state index < -0.39 is 0 Å². The number of ether oxygens (including phenoxy) is 1. The Morgan fingerprint density at radius 2 is 1.80 bits per heavy atom. The lowest BCUT2D eigenvalue weighted by Crippen LogP contribution is -1.94. The zero-order chi connectivity index (χ0) is 14.7. The second-order valence-electron chi connectivity index (χ2n) is 4.62. The average Bonchev–Trinajstić information content (AvgIpc) is 2.43. The van der Waals surface area contributed by atoms with E-state index in [-0.39, 0.29) is 0 Å². The van der Waals surface area contributed by atoms with E-state index in [4.69, 9.17) is 16.0 Å². The molecule has 0 aromatic heterocycles. The molecule has 0 atom stereocenters. The SMILES string of the molecule is CNc1cc(C)c(Oc2ccc(N)cc2C)cc1N=N. The first kappa shape index (κ1) is 13.9. The van der Waals surface area contributed by atoms with Gasteiger partial charge >= 0.3 is 0 Å². The van der Waals surface area contributed by atoms with Crippen molar-refractivity contribution in [3.63, 3.8) is 0 Å². The molecule has 2 rings (SSSR count). The third kappa shape index (κ3) is 2.71. The van der Waals surface area contributed by atoms with Crippen LogP contribution < -0.4 is 15.8 Å². The minimum Gasteiger partial charge on any atom is -0.457 e. The maximum Gasteiger partial charge on any atom is 0.132 e. The zero-order valence-electron chi connectivity index (χ0n) is 11.8. The van der Waals surface area contributed by atoms with Crippen molar-refractivity contribution in [1.82, 2.24) is 0 Å². The van der Waals surface area contributed by atoms with Gasteiger partial charge in [-0.3, -0.25) is 0 Å². The fraction of sp³-hybridized carbons (Fsp3) is 0.200. The lowest BCUT2D eigenvalue weighted by Gasteiger charge is -2.14. The van der Waals surface area contributed by atoms with Crippen molar-refractivity contribution in [3.8, 4) is 11.5 Å². The number of nitrogens with one attached hydrogen (secondary N) is 2. The molecular formula is C15H18N4O. The largest absolute Gasteiger partial charge is 0.457 e. The predicted octanol–water partition coefficient (Wildman–Crippen LogP) is 4.38. The van der Waals surface area contributed by atoms with Crippen LogP contribution in [-0.2, 0) is 0 Å². The highest BCUT2D eigenvalue weighted by molar-refractivity contribution is 5.69. The molecule has 104 valence electrons. The number of hydrogen-bond donors (Lipinski definition) is 3. The molecule has 4 N–H and O–H groups in total. The molecule has 0 spiro atoms. The molecule has 0 aliphatic rings. The van der Waals surface area contributed by atoms with Crippen LogP contribution in [-0.4, -0.2) is 7.05 Å². The maximum atomic E-state index is 7.22. The fourth-order valence-electron chi connectivity index (χ4n) is 1.99. The van der Waals surface area contributed by atoms with Crippen LogP contribution in [0.5, 0.6) is 11.5 Å². The molecule has 0 unspecified atom stereocenters. The van der Waals surface area contributed by atoms with E-state index in [2.05, 4.69) is 10.4 Å². The minimum absolute atomic E-state index is 0.543. The normalized spacial score (nSPS) is 10.2. The summed E-state index contributed by atoms with van der Waals surface area (Å²) in [5, 5.41) is 6.52. The molecule has 5 nitrogen and oxygen atoms in total. The Bertz CT molecular complexity index is 653. The standard InChI is InChI=1S/C15H18N4O/c1-9-6-11(16)4-5-14(9)20-15-8-13(19-17)12(18-3)7-10(15)2/h4-8,17-18H,16H2,1-3H3. The van der Waals surface area contributed by atoms with Gasteiger partial charge in [-0.15, -0.1) is 0 Å². The first-order valence-corrected chi connectivity index (χ1v) is 6.29. The first-order chi connectivity index (χ1) is 9.55. The topological polar surface area (TPSA) is 83.5 Å². The van der Waals surface area contributed by atoms with Gasteiger partial charge in [0.25, 0.3) is 0 Å². The van der Waals surface area contributed by atoms with Gasteiger partial charge in [-0.05, 0) is 49.2 Å². The van der Waals surface area contributed by atoms with Crippen molar-refractivity contribution < 1.29 is 4.74 Å². The van der Waals surface area contributed by atoms with E-state index in [0.717, 1.165) is 22.6 Å². The van der Waals surface area contributed by atoms with E-state index in [1.54, 1.807) is 19.2 Å². The van der Waals surface area contributed by atoms with Gasteiger partial charge in [0.15, 0.2) is 0 Å². The van der Waals surface area contributed by atoms with Crippen LogP contribution in [0.4, 0.5) is 17.1 Å². The van der Waals surface area contributed by atoms with Crippen molar-refractivity contribution in [3.05, 3.63) is 41.5 Å². The summed E-state index contributed by atoms with van der Waals surface area (Å²) >= 11 is 0. The summed E-state index contributed by atoms with van der Waals surface area (Å²) in [4.78, 5) is 0. The van der Waals surface area contributed by atoms with E-state index in [0.29, 0.717) is 17.1 Å². The number of anilines is 2. The highest BCUT2D eigenvalue weighted by Crippen LogP contribution is 2.36. The van der Waals surface area contributed by atoms with Crippen molar-refractivity contribution >= 4 is 17.1 Å². The molecule has 5 heteroatoms. The third-order valence-electron chi connectivity index (χ3n) is 3.10. The Morgan fingerprint density at radius 1 is 1.10 bits per heavy atom. The van der Waals surface area contributed by atoms with Crippen LogP contribution in [0.1, 0.15) is 11.1 Å². The second kappa shape index (κ2) is 5.61. The van der Waals surface area contributed by atoms with Crippen LogP contribution in [0.15, 0.2) is 35.4 Å². The molecular weight excluding hydrogens is 252 g/mol. The molecule has 0 bridgehead atoms. The van der Waals surface area contributed by atoms with Crippen LogP contribution in [0.25, 0.3) is 0 Å². The molecule has 0 fully saturated rings. The highest BCUT2D eigenvalue weighted by atomic mass is 16.5. The smallest absolute Gasteiger partial charge is 0.132 e. The molecule has 2 aromatic rings. The number of nitrogen functional groups attached to an aromatic ring is 1. The highest BCUT2D eigenvalue weighted by Gasteiger charge is 2.09. The quantitative estimate of drug-likeness (QED) is 0.569. The van der Waals surface area contributed by atoms with Gasteiger partial charge in [-0.2, -0.15) is 5.11 Å². The summed E-state index contributed by atoms with van der Waals surface area (Å²) in [7, 11) is 1.80. The van der Waals surface area contributed by atoms with Crippen LogP contribution >= 0.6 is 0 Å². The van der Waals surface area contributed by atoms with Crippen molar-refractivity contribution in [2.24, 2.45) is 5.11 Å². The molecule has 0 heterocycles. The minimum atomic E-state index is 0.543.